The SMILES string of the molecule is CCCNc1nc(C)cn1C1CCC(CC)C1C. The van der Waals surface area contributed by atoms with Gasteiger partial charge in [-0.15, -0.1) is 0 Å². The van der Waals surface area contributed by atoms with Crippen LogP contribution in [0.3, 0.4) is 0 Å². The molecule has 1 aromatic heterocycles. The van der Waals surface area contributed by atoms with Crippen molar-refractivity contribution in [2.24, 2.45) is 11.8 Å². The average molecular weight is 249 g/mol. The van der Waals surface area contributed by atoms with Gasteiger partial charge >= 0.3 is 0 Å². The summed E-state index contributed by atoms with van der Waals surface area (Å²) in [6.45, 7) is 10.0. The van der Waals surface area contributed by atoms with Crippen molar-refractivity contribution < 1.29 is 0 Å². The monoisotopic (exact) mass is 249 g/mol. The molecule has 3 nitrogen and oxygen atoms in total. The Morgan fingerprint density at radius 2 is 2.17 bits per heavy atom. The van der Waals surface area contributed by atoms with Gasteiger partial charge in [0.15, 0.2) is 0 Å². The number of nitrogens with one attached hydrogen (secondary N) is 1. The molecule has 3 heteroatoms. The van der Waals surface area contributed by atoms with Crippen LogP contribution in [-0.2, 0) is 0 Å². The molecule has 2 rings (SSSR count). The molecule has 1 aliphatic carbocycles. The highest BCUT2D eigenvalue weighted by Crippen LogP contribution is 2.42. The standard InChI is InChI=1S/C15H27N3/c1-5-9-16-15-17-11(3)10-18(15)14-8-7-13(6-2)12(14)4/h10,12-14H,5-9H2,1-4H3,(H,16,17). The van der Waals surface area contributed by atoms with E-state index in [4.69, 9.17) is 0 Å². The van der Waals surface area contributed by atoms with Crippen LogP contribution >= 0.6 is 0 Å². The first-order chi connectivity index (χ1) is 8.67. The number of aromatic nitrogens is 2. The Balaban J connectivity index is 2.17. The smallest absolute Gasteiger partial charge is 0.203 e. The van der Waals surface area contributed by atoms with Crippen LogP contribution < -0.4 is 5.32 Å². The molecule has 3 unspecified atom stereocenters. The molecule has 1 N–H and O–H groups in total. The summed E-state index contributed by atoms with van der Waals surface area (Å²) in [6, 6.07) is 0.635. The van der Waals surface area contributed by atoms with Crippen LogP contribution in [0.5, 0.6) is 0 Å². The van der Waals surface area contributed by atoms with E-state index in [1.165, 1.54) is 19.3 Å². The molecule has 1 aliphatic rings. The zero-order chi connectivity index (χ0) is 13.1. The summed E-state index contributed by atoms with van der Waals surface area (Å²) in [4.78, 5) is 4.63. The fourth-order valence-corrected chi connectivity index (χ4v) is 3.33. The van der Waals surface area contributed by atoms with Crippen molar-refractivity contribution in [3.8, 4) is 0 Å². The van der Waals surface area contributed by atoms with Gasteiger partial charge in [0, 0.05) is 18.8 Å². The number of anilines is 1. The molecule has 0 radical (unpaired) electrons. The molecule has 0 amide bonds. The van der Waals surface area contributed by atoms with Crippen molar-refractivity contribution in [1.29, 1.82) is 0 Å². The van der Waals surface area contributed by atoms with Crippen molar-refractivity contribution in [3.05, 3.63) is 11.9 Å². The molecule has 102 valence electrons. The summed E-state index contributed by atoms with van der Waals surface area (Å²) in [5.41, 5.74) is 1.13. The second-order valence-corrected chi connectivity index (χ2v) is 5.71. The predicted octanol–water partition coefficient (Wildman–Crippen LogP) is 4.01. The highest BCUT2D eigenvalue weighted by molar-refractivity contribution is 5.30. The van der Waals surface area contributed by atoms with E-state index in [0.29, 0.717) is 6.04 Å². The maximum absolute atomic E-state index is 4.63. The van der Waals surface area contributed by atoms with Gasteiger partial charge in [-0.1, -0.05) is 27.2 Å². The van der Waals surface area contributed by atoms with Crippen LogP contribution in [-0.4, -0.2) is 16.1 Å². The first-order valence-electron chi connectivity index (χ1n) is 7.46. The third-order valence-electron chi connectivity index (χ3n) is 4.45. The van der Waals surface area contributed by atoms with Gasteiger partial charge in [0.1, 0.15) is 0 Å². The van der Waals surface area contributed by atoms with Crippen LogP contribution in [0.25, 0.3) is 0 Å². The first kappa shape index (κ1) is 13.4. The molecule has 1 fully saturated rings. The Kier molecular flexibility index (Phi) is 4.31. The summed E-state index contributed by atoms with van der Waals surface area (Å²) in [5, 5.41) is 3.47. The minimum absolute atomic E-state index is 0.635. The predicted molar refractivity (Wildman–Crippen MR) is 77.0 cm³/mol. The summed E-state index contributed by atoms with van der Waals surface area (Å²) >= 11 is 0. The quantitative estimate of drug-likeness (QED) is 0.854. The van der Waals surface area contributed by atoms with Crippen molar-refractivity contribution in [3.63, 3.8) is 0 Å². The molecule has 1 saturated carbocycles. The fourth-order valence-electron chi connectivity index (χ4n) is 3.33. The molecule has 1 aromatic rings. The lowest BCUT2D eigenvalue weighted by Gasteiger charge is -2.23. The Morgan fingerprint density at radius 3 is 2.78 bits per heavy atom. The maximum atomic E-state index is 4.63. The van der Waals surface area contributed by atoms with Gasteiger partial charge in [0.2, 0.25) is 5.95 Å². The Labute approximate surface area is 111 Å². The van der Waals surface area contributed by atoms with E-state index < -0.39 is 0 Å². The largest absolute Gasteiger partial charge is 0.356 e. The zero-order valence-corrected chi connectivity index (χ0v) is 12.2. The van der Waals surface area contributed by atoms with Crippen molar-refractivity contribution in [2.75, 3.05) is 11.9 Å². The van der Waals surface area contributed by atoms with E-state index in [9.17, 15) is 0 Å². The zero-order valence-electron chi connectivity index (χ0n) is 12.2. The van der Waals surface area contributed by atoms with E-state index in [-0.39, 0.29) is 0 Å². The molecule has 0 saturated heterocycles. The molecule has 0 aliphatic heterocycles. The lowest BCUT2D eigenvalue weighted by Crippen LogP contribution is -2.17. The van der Waals surface area contributed by atoms with Gasteiger partial charge in [-0.2, -0.15) is 0 Å². The van der Waals surface area contributed by atoms with Gasteiger partial charge in [-0.3, -0.25) is 0 Å². The molecular weight excluding hydrogens is 222 g/mol. The summed E-state index contributed by atoms with van der Waals surface area (Å²) < 4.78 is 2.39. The van der Waals surface area contributed by atoms with E-state index in [0.717, 1.165) is 36.4 Å². The number of imidazole rings is 1. The minimum Gasteiger partial charge on any atom is -0.356 e. The molecular formula is C15H27N3. The van der Waals surface area contributed by atoms with E-state index in [1.54, 1.807) is 0 Å². The number of hydrogen-bond donors (Lipinski definition) is 1. The average Bonchev–Trinajstić information content (AvgIpc) is 2.89. The number of rotatable bonds is 5. The Morgan fingerprint density at radius 1 is 1.39 bits per heavy atom. The lowest BCUT2D eigenvalue weighted by molar-refractivity contribution is 0.331. The Bertz CT molecular complexity index is 383. The van der Waals surface area contributed by atoms with E-state index in [1.807, 2.05) is 0 Å². The van der Waals surface area contributed by atoms with Crippen LogP contribution in [0, 0.1) is 18.8 Å². The fraction of sp³-hybridized carbons (Fsp3) is 0.800. The first-order valence-corrected chi connectivity index (χ1v) is 7.46. The highest BCUT2D eigenvalue weighted by Gasteiger charge is 2.33. The van der Waals surface area contributed by atoms with E-state index >= 15 is 0 Å². The second kappa shape index (κ2) is 5.77. The van der Waals surface area contributed by atoms with Gasteiger partial charge in [-0.05, 0) is 38.0 Å². The van der Waals surface area contributed by atoms with Gasteiger partial charge in [-0.25, -0.2) is 4.98 Å². The van der Waals surface area contributed by atoms with E-state index in [2.05, 4.69) is 48.8 Å². The van der Waals surface area contributed by atoms with Crippen molar-refractivity contribution in [2.45, 2.75) is 59.4 Å². The maximum Gasteiger partial charge on any atom is 0.203 e. The number of aryl methyl sites for hydroxylation is 1. The third-order valence-corrected chi connectivity index (χ3v) is 4.45. The minimum atomic E-state index is 0.635. The summed E-state index contributed by atoms with van der Waals surface area (Å²) in [5.74, 6) is 2.73. The van der Waals surface area contributed by atoms with Crippen LogP contribution in [0.4, 0.5) is 5.95 Å². The highest BCUT2D eigenvalue weighted by atomic mass is 15.2. The second-order valence-electron chi connectivity index (χ2n) is 5.71. The van der Waals surface area contributed by atoms with Gasteiger partial charge in [0.05, 0.1) is 5.69 Å². The van der Waals surface area contributed by atoms with Crippen molar-refractivity contribution >= 4 is 5.95 Å². The summed E-state index contributed by atoms with van der Waals surface area (Å²) in [7, 11) is 0. The van der Waals surface area contributed by atoms with Gasteiger partial charge in [0.25, 0.3) is 0 Å². The molecule has 3 atom stereocenters. The van der Waals surface area contributed by atoms with Gasteiger partial charge < -0.3 is 9.88 Å². The van der Waals surface area contributed by atoms with Crippen LogP contribution in [0.15, 0.2) is 6.20 Å². The lowest BCUT2D eigenvalue weighted by atomic mass is 9.93. The molecule has 18 heavy (non-hydrogen) atoms. The van der Waals surface area contributed by atoms with Crippen LogP contribution in [0.1, 0.15) is 58.2 Å². The molecule has 0 spiro atoms. The summed E-state index contributed by atoms with van der Waals surface area (Å²) in [6.07, 6.45) is 7.34. The topological polar surface area (TPSA) is 29.9 Å². The Hall–Kier alpha value is -0.990. The third kappa shape index (κ3) is 2.55. The molecule has 1 heterocycles. The van der Waals surface area contributed by atoms with Crippen LogP contribution in [0.2, 0.25) is 0 Å². The molecule has 0 aromatic carbocycles. The molecule has 0 bridgehead atoms. The number of hydrogen-bond acceptors (Lipinski definition) is 2. The normalized spacial score (nSPS) is 27.7. The number of nitrogens with zero attached hydrogens (tertiary/aromatic N) is 2. The van der Waals surface area contributed by atoms with Crippen molar-refractivity contribution in [1.82, 2.24) is 9.55 Å².